The van der Waals surface area contributed by atoms with E-state index >= 15 is 0 Å². The first-order chi connectivity index (χ1) is 5.33. The molecule has 0 aromatic heterocycles. The summed E-state index contributed by atoms with van der Waals surface area (Å²) in [5.74, 6) is 0.918. The molecule has 2 heteroatoms. The summed E-state index contributed by atoms with van der Waals surface area (Å²) >= 11 is 0. The zero-order valence-corrected chi connectivity index (χ0v) is 7.58. The van der Waals surface area contributed by atoms with Crippen LogP contribution in [0.4, 0.5) is 0 Å². The number of likely N-dealkylation sites (N-methyl/N-ethyl adjacent to an activating group) is 1. The topological polar surface area (TPSA) is 23.5 Å². The van der Waals surface area contributed by atoms with E-state index in [4.69, 9.17) is 5.11 Å². The first kappa shape index (κ1) is 9.01. The molecule has 0 aromatic rings. The van der Waals surface area contributed by atoms with E-state index in [1.165, 1.54) is 12.8 Å². The molecule has 0 aliphatic heterocycles. The second kappa shape index (κ2) is 4.07. The lowest BCUT2D eigenvalue weighted by Gasteiger charge is -2.18. The van der Waals surface area contributed by atoms with Gasteiger partial charge in [-0.15, -0.1) is 0 Å². The lowest BCUT2D eigenvalue weighted by atomic mass is 10.3. The molecule has 0 amide bonds. The van der Waals surface area contributed by atoms with Crippen molar-refractivity contribution in [1.82, 2.24) is 4.90 Å². The molecule has 1 N–H and O–H groups in total. The quantitative estimate of drug-likeness (QED) is 0.646. The van der Waals surface area contributed by atoms with Crippen LogP contribution < -0.4 is 0 Å². The van der Waals surface area contributed by atoms with E-state index in [9.17, 15) is 0 Å². The molecule has 0 radical (unpaired) electrons. The molecule has 1 rings (SSSR count). The summed E-state index contributed by atoms with van der Waals surface area (Å²) in [7, 11) is 0. The van der Waals surface area contributed by atoms with E-state index in [0.717, 1.165) is 25.0 Å². The third-order valence-corrected chi connectivity index (χ3v) is 2.67. The molecule has 0 saturated heterocycles. The van der Waals surface area contributed by atoms with E-state index in [-0.39, 0.29) is 0 Å². The lowest BCUT2D eigenvalue weighted by Crippen LogP contribution is -2.29. The number of hydrogen-bond acceptors (Lipinski definition) is 2. The number of hydrogen-bond donors (Lipinski definition) is 1. The van der Waals surface area contributed by atoms with Crippen LogP contribution in [0.3, 0.4) is 0 Å². The largest absolute Gasteiger partial charge is 0.395 e. The monoisotopic (exact) mass is 157 g/mol. The standard InChI is InChI=1S/C9H19NO/c1-3-8-7-9(8)10(4-2)5-6-11/h8-9,11H,3-7H2,1-2H3. The maximum absolute atomic E-state index is 8.76. The highest BCUT2D eigenvalue weighted by Gasteiger charge is 2.38. The lowest BCUT2D eigenvalue weighted by molar-refractivity contribution is 0.189. The Labute approximate surface area is 69.2 Å². The van der Waals surface area contributed by atoms with Gasteiger partial charge in [0.05, 0.1) is 6.61 Å². The minimum atomic E-state index is 0.306. The van der Waals surface area contributed by atoms with E-state index in [2.05, 4.69) is 18.7 Å². The molecule has 0 aromatic carbocycles. The van der Waals surface area contributed by atoms with Gasteiger partial charge in [-0.1, -0.05) is 20.3 Å². The van der Waals surface area contributed by atoms with Crippen LogP contribution in [0.2, 0.25) is 0 Å². The normalized spacial score (nSPS) is 29.5. The average Bonchev–Trinajstić information content (AvgIpc) is 2.79. The maximum Gasteiger partial charge on any atom is 0.0558 e. The molecule has 2 unspecified atom stereocenters. The molecule has 1 saturated carbocycles. The van der Waals surface area contributed by atoms with Crippen LogP contribution in [0.25, 0.3) is 0 Å². The SMILES string of the molecule is CCC1CC1N(CC)CCO. The molecule has 2 nitrogen and oxygen atoms in total. The van der Waals surface area contributed by atoms with Gasteiger partial charge in [0.25, 0.3) is 0 Å². The minimum Gasteiger partial charge on any atom is -0.395 e. The van der Waals surface area contributed by atoms with Crippen LogP contribution in [0.15, 0.2) is 0 Å². The van der Waals surface area contributed by atoms with E-state index in [1.54, 1.807) is 0 Å². The number of aliphatic hydroxyl groups excluding tert-OH is 1. The molecule has 66 valence electrons. The number of rotatable bonds is 5. The summed E-state index contributed by atoms with van der Waals surface area (Å²) < 4.78 is 0. The van der Waals surface area contributed by atoms with Crippen LogP contribution in [0.1, 0.15) is 26.7 Å². The summed E-state index contributed by atoms with van der Waals surface area (Å²) in [6.07, 6.45) is 2.65. The van der Waals surface area contributed by atoms with Gasteiger partial charge in [0.1, 0.15) is 0 Å². The molecule has 0 heterocycles. The van der Waals surface area contributed by atoms with Gasteiger partial charge in [-0.2, -0.15) is 0 Å². The highest BCUT2D eigenvalue weighted by atomic mass is 16.3. The molecule has 0 spiro atoms. The van der Waals surface area contributed by atoms with Crippen molar-refractivity contribution in [2.75, 3.05) is 19.7 Å². The van der Waals surface area contributed by atoms with Gasteiger partial charge in [0.15, 0.2) is 0 Å². The summed E-state index contributed by atoms with van der Waals surface area (Å²) in [6.45, 7) is 6.66. The first-order valence-corrected chi connectivity index (χ1v) is 4.68. The minimum absolute atomic E-state index is 0.306. The van der Waals surface area contributed by atoms with E-state index < -0.39 is 0 Å². The van der Waals surface area contributed by atoms with Crippen LogP contribution in [0.5, 0.6) is 0 Å². The fourth-order valence-corrected chi connectivity index (χ4v) is 1.80. The molecule has 1 fully saturated rings. The smallest absolute Gasteiger partial charge is 0.0558 e. The Morgan fingerprint density at radius 3 is 2.55 bits per heavy atom. The first-order valence-electron chi connectivity index (χ1n) is 4.68. The Balaban J connectivity index is 2.22. The van der Waals surface area contributed by atoms with Crippen molar-refractivity contribution in [3.63, 3.8) is 0 Å². The van der Waals surface area contributed by atoms with Crippen molar-refractivity contribution in [3.8, 4) is 0 Å². The summed E-state index contributed by atoms with van der Waals surface area (Å²) in [5, 5.41) is 8.76. The van der Waals surface area contributed by atoms with Crippen molar-refractivity contribution >= 4 is 0 Å². The van der Waals surface area contributed by atoms with Gasteiger partial charge in [-0.3, -0.25) is 4.90 Å². The number of nitrogens with zero attached hydrogens (tertiary/aromatic N) is 1. The van der Waals surface area contributed by atoms with Crippen molar-refractivity contribution < 1.29 is 5.11 Å². The molecular formula is C9H19NO. The van der Waals surface area contributed by atoms with Crippen molar-refractivity contribution in [2.45, 2.75) is 32.7 Å². The van der Waals surface area contributed by atoms with Crippen LogP contribution in [0, 0.1) is 5.92 Å². The van der Waals surface area contributed by atoms with Gasteiger partial charge < -0.3 is 5.11 Å². The van der Waals surface area contributed by atoms with Crippen molar-refractivity contribution in [3.05, 3.63) is 0 Å². The Morgan fingerprint density at radius 1 is 1.45 bits per heavy atom. The van der Waals surface area contributed by atoms with Gasteiger partial charge in [0, 0.05) is 12.6 Å². The zero-order chi connectivity index (χ0) is 8.27. The Kier molecular flexibility index (Phi) is 3.34. The Hall–Kier alpha value is -0.0800. The van der Waals surface area contributed by atoms with Crippen LogP contribution in [-0.4, -0.2) is 35.7 Å². The van der Waals surface area contributed by atoms with Crippen molar-refractivity contribution in [1.29, 1.82) is 0 Å². The Bertz CT molecular complexity index is 116. The summed E-state index contributed by atoms with van der Waals surface area (Å²) in [4.78, 5) is 2.38. The average molecular weight is 157 g/mol. The van der Waals surface area contributed by atoms with Gasteiger partial charge in [-0.05, 0) is 18.9 Å². The highest BCUT2D eigenvalue weighted by Crippen LogP contribution is 2.37. The molecule has 11 heavy (non-hydrogen) atoms. The molecular weight excluding hydrogens is 138 g/mol. The fraction of sp³-hybridized carbons (Fsp3) is 1.00. The number of aliphatic hydroxyl groups is 1. The van der Waals surface area contributed by atoms with Crippen LogP contribution >= 0.6 is 0 Å². The predicted octanol–water partition coefficient (Wildman–Crippen LogP) is 1.10. The third kappa shape index (κ3) is 2.17. The second-order valence-electron chi connectivity index (χ2n) is 3.32. The third-order valence-electron chi connectivity index (χ3n) is 2.67. The molecule has 1 aliphatic rings. The highest BCUT2D eigenvalue weighted by molar-refractivity contribution is 4.93. The summed E-state index contributed by atoms with van der Waals surface area (Å²) in [6, 6.07) is 0.789. The molecule has 2 atom stereocenters. The van der Waals surface area contributed by atoms with E-state index in [0.29, 0.717) is 6.61 Å². The predicted molar refractivity (Wildman–Crippen MR) is 46.5 cm³/mol. The Morgan fingerprint density at radius 2 is 2.18 bits per heavy atom. The van der Waals surface area contributed by atoms with Crippen LogP contribution in [-0.2, 0) is 0 Å². The molecule has 1 aliphatic carbocycles. The maximum atomic E-state index is 8.76. The van der Waals surface area contributed by atoms with Gasteiger partial charge >= 0.3 is 0 Å². The van der Waals surface area contributed by atoms with Crippen molar-refractivity contribution in [2.24, 2.45) is 5.92 Å². The second-order valence-corrected chi connectivity index (χ2v) is 3.32. The summed E-state index contributed by atoms with van der Waals surface area (Å²) in [5.41, 5.74) is 0. The zero-order valence-electron chi connectivity index (χ0n) is 7.58. The molecule has 0 bridgehead atoms. The van der Waals surface area contributed by atoms with Gasteiger partial charge in [-0.25, -0.2) is 0 Å². The van der Waals surface area contributed by atoms with Gasteiger partial charge in [0.2, 0.25) is 0 Å². The van der Waals surface area contributed by atoms with E-state index in [1.807, 2.05) is 0 Å². The fourth-order valence-electron chi connectivity index (χ4n) is 1.80.